The number of hydrogen-bond acceptors (Lipinski definition) is 6. The van der Waals surface area contributed by atoms with Gasteiger partial charge in [0, 0.05) is 19.3 Å². The van der Waals surface area contributed by atoms with E-state index in [0.717, 1.165) is 64.2 Å². The van der Waals surface area contributed by atoms with Gasteiger partial charge in [-0.3, -0.25) is 14.4 Å². The molecule has 6 nitrogen and oxygen atoms in total. The normalized spacial score (nSPS) is 12.1. The van der Waals surface area contributed by atoms with Gasteiger partial charge in [0.05, 0.1) is 0 Å². The van der Waals surface area contributed by atoms with E-state index >= 15 is 0 Å². The van der Waals surface area contributed by atoms with Crippen molar-refractivity contribution in [2.45, 2.75) is 393 Å². The number of ether oxygens (including phenoxy) is 3. The maximum Gasteiger partial charge on any atom is 0.306 e. The van der Waals surface area contributed by atoms with E-state index in [4.69, 9.17) is 14.2 Å². The highest BCUT2D eigenvalue weighted by atomic mass is 16.6. The summed E-state index contributed by atoms with van der Waals surface area (Å²) in [5.74, 6) is -0.845. The van der Waals surface area contributed by atoms with E-state index in [0.29, 0.717) is 19.3 Å². The molecule has 76 heavy (non-hydrogen) atoms. The van der Waals surface area contributed by atoms with Crippen LogP contribution in [0, 0.1) is 0 Å². The molecule has 0 N–H and O–H groups in total. The van der Waals surface area contributed by atoms with Crippen LogP contribution >= 0.6 is 0 Å². The van der Waals surface area contributed by atoms with Gasteiger partial charge in [-0.15, -0.1) is 0 Å². The van der Waals surface area contributed by atoms with Crippen LogP contribution in [0.1, 0.15) is 387 Å². The highest BCUT2D eigenvalue weighted by Crippen LogP contribution is 2.19. The first-order chi connectivity index (χ1) is 37.5. The molecule has 0 radical (unpaired) electrons. The van der Waals surface area contributed by atoms with E-state index in [1.807, 2.05) is 0 Å². The molecule has 448 valence electrons. The molecular weight excluding hydrogens is 937 g/mol. The molecule has 0 rings (SSSR count). The van der Waals surface area contributed by atoms with Crippen molar-refractivity contribution in [1.29, 1.82) is 0 Å². The molecule has 0 bridgehead atoms. The van der Waals surface area contributed by atoms with Crippen LogP contribution in [0.5, 0.6) is 0 Å². The molecule has 0 amide bonds. The minimum atomic E-state index is -0.767. The molecule has 0 fully saturated rings. The minimum absolute atomic E-state index is 0.0661. The van der Waals surface area contributed by atoms with Crippen molar-refractivity contribution < 1.29 is 28.6 Å². The van der Waals surface area contributed by atoms with Crippen LogP contribution in [0.15, 0.2) is 24.3 Å². The number of hydrogen-bond donors (Lipinski definition) is 0. The second kappa shape index (κ2) is 65.4. The molecule has 0 aromatic rings. The van der Waals surface area contributed by atoms with Crippen LogP contribution < -0.4 is 0 Å². The summed E-state index contributed by atoms with van der Waals surface area (Å²) in [7, 11) is 0. The van der Waals surface area contributed by atoms with Crippen LogP contribution in [0.25, 0.3) is 0 Å². The Morgan fingerprint density at radius 1 is 0.263 bits per heavy atom. The summed E-state index contributed by atoms with van der Waals surface area (Å²) in [4.78, 5) is 38.2. The molecule has 6 heteroatoms. The number of carbonyl (C=O) groups is 3. The monoisotopic (exact) mass is 1070 g/mol. The molecule has 0 aliphatic heterocycles. The molecule has 1 unspecified atom stereocenters. The summed E-state index contributed by atoms with van der Waals surface area (Å²) in [6, 6.07) is 0. The van der Waals surface area contributed by atoms with Gasteiger partial charge in [-0.05, 0) is 51.4 Å². The molecule has 0 saturated heterocycles. The zero-order valence-electron chi connectivity index (χ0n) is 51.6. The first kappa shape index (κ1) is 73.9. The molecular formula is C70H132O6. The smallest absolute Gasteiger partial charge is 0.306 e. The lowest BCUT2D eigenvalue weighted by Gasteiger charge is -2.18. The summed E-state index contributed by atoms with van der Waals surface area (Å²) in [6.45, 7) is 6.67. The Labute approximate surface area is 474 Å². The largest absolute Gasteiger partial charge is 0.462 e. The summed E-state index contributed by atoms with van der Waals surface area (Å²) in [6.07, 6.45) is 79.4. The Morgan fingerprint density at radius 2 is 0.474 bits per heavy atom. The second-order valence-corrected chi connectivity index (χ2v) is 23.5. The van der Waals surface area contributed by atoms with Crippen molar-refractivity contribution in [2.24, 2.45) is 0 Å². The number of rotatable bonds is 64. The fourth-order valence-electron chi connectivity index (χ4n) is 10.5. The minimum Gasteiger partial charge on any atom is -0.462 e. The third-order valence-corrected chi connectivity index (χ3v) is 15.7. The maximum absolute atomic E-state index is 12.9. The van der Waals surface area contributed by atoms with Crippen LogP contribution in [-0.2, 0) is 28.6 Å². The van der Waals surface area contributed by atoms with Crippen molar-refractivity contribution in [1.82, 2.24) is 0 Å². The van der Waals surface area contributed by atoms with Crippen LogP contribution in [-0.4, -0.2) is 37.2 Å². The number of unbranched alkanes of at least 4 members (excludes halogenated alkanes) is 49. The Hall–Kier alpha value is -2.11. The van der Waals surface area contributed by atoms with E-state index in [1.165, 1.54) is 283 Å². The highest BCUT2D eigenvalue weighted by Gasteiger charge is 2.19. The van der Waals surface area contributed by atoms with Gasteiger partial charge < -0.3 is 14.2 Å². The first-order valence-electron chi connectivity index (χ1n) is 34.3. The van der Waals surface area contributed by atoms with E-state index < -0.39 is 6.10 Å². The lowest BCUT2D eigenvalue weighted by molar-refractivity contribution is -0.167. The van der Waals surface area contributed by atoms with E-state index in [9.17, 15) is 14.4 Å². The highest BCUT2D eigenvalue weighted by molar-refractivity contribution is 5.71. The third-order valence-electron chi connectivity index (χ3n) is 15.7. The topological polar surface area (TPSA) is 78.9 Å². The van der Waals surface area contributed by atoms with Gasteiger partial charge in [0.1, 0.15) is 13.2 Å². The molecule has 0 aliphatic carbocycles. The number of carbonyl (C=O) groups excluding carboxylic acids is 3. The predicted octanol–water partition coefficient (Wildman–Crippen LogP) is 23.4. The standard InChI is InChI=1S/C70H132O6/c1-4-7-10-13-16-19-21-23-25-27-29-31-33-34-35-36-38-39-41-43-45-47-49-51-54-57-60-63-69(72)75-66-67(65-74-68(71)62-59-56-53-18-15-12-9-6-3)76-70(73)64-61-58-55-52-50-48-46-44-42-40-37-32-30-28-26-24-22-20-17-14-11-8-5-2/h22,24,28,30,67H,4-21,23,25-27,29,31-66H2,1-3H3/b24-22-,30-28-. The lowest BCUT2D eigenvalue weighted by atomic mass is 10.0. The molecule has 1 atom stereocenters. The first-order valence-corrected chi connectivity index (χ1v) is 34.3. The Balaban J connectivity index is 4.07. The lowest BCUT2D eigenvalue weighted by Crippen LogP contribution is -2.30. The third kappa shape index (κ3) is 62.7. The SMILES string of the molecule is CCCCCCC/C=C\C/C=C\CCCCCCCCCCCCCC(=O)OC(COC(=O)CCCCCCCCCC)COC(=O)CCCCCCCCCCCCCCCCCCCCCCCCCCCCC. The van der Waals surface area contributed by atoms with E-state index in [2.05, 4.69) is 45.1 Å². The molecule has 0 aliphatic rings. The van der Waals surface area contributed by atoms with Crippen LogP contribution in [0.4, 0.5) is 0 Å². The summed E-state index contributed by atoms with van der Waals surface area (Å²) >= 11 is 0. The van der Waals surface area contributed by atoms with Crippen molar-refractivity contribution >= 4 is 17.9 Å². The van der Waals surface area contributed by atoms with Gasteiger partial charge in [0.25, 0.3) is 0 Å². The van der Waals surface area contributed by atoms with Crippen molar-refractivity contribution in [3.8, 4) is 0 Å². The Morgan fingerprint density at radius 3 is 0.724 bits per heavy atom. The van der Waals surface area contributed by atoms with Crippen LogP contribution in [0.2, 0.25) is 0 Å². The molecule has 0 aromatic heterocycles. The summed E-state index contributed by atoms with van der Waals surface area (Å²) in [5.41, 5.74) is 0. The summed E-state index contributed by atoms with van der Waals surface area (Å²) in [5, 5.41) is 0. The molecule has 0 aromatic carbocycles. The van der Waals surface area contributed by atoms with E-state index in [1.54, 1.807) is 0 Å². The molecule has 0 heterocycles. The van der Waals surface area contributed by atoms with Crippen molar-refractivity contribution in [3.05, 3.63) is 24.3 Å². The maximum atomic E-state index is 12.9. The van der Waals surface area contributed by atoms with Crippen molar-refractivity contribution in [3.63, 3.8) is 0 Å². The molecule has 0 spiro atoms. The zero-order valence-corrected chi connectivity index (χ0v) is 51.6. The van der Waals surface area contributed by atoms with Gasteiger partial charge in [-0.2, -0.15) is 0 Å². The average molecular weight is 1070 g/mol. The van der Waals surface area contributed by atoms with Gasteiger partial charge in [0.15, 0.2) is 6.10 Å². The van der Waals surface area contributed by atoms with Crippen LogP contribution in [0.3, 0.4) is 0 Å². The van der Waals surface area contributed by atoms with Gasteiger partial charge in [0.2, 0.25) is 0 Å². The van der Waals surface area contributed by atoms with Gasteiger partial charge >= 0.3 is 17.9 Å². The number of allylic oxidation sites excluding steroid dienone is 4. The van der Waals surface area contributed by atoms with Crippen molar-refractivity contribution in [2.75, 3.05) is 13.2 Å². The number of esters is 3. The Bertz CT molecular complexity index is 1230. The van der Waals surface area contributed by atoms with E-state index in [-0.39, 0.29) is 31.1 Å². The fraction of sp³-hybridized carbons (Fsp3) is 0.900. The van der Waals surface area contributed by atoms with Gasteiger partial charge in [-0.1, -0.05) is 340 Å². The fourth-order valence-corrected chi connectivity index (χ4v) is 10.5. The second-order valence-electron chi connectivity index (χ2n) is 23.5. The quantitative estimate of drug-likeness (QED) is 0.0261. The molecule has 0 saturated carbocycles. The summed E-state index contributed by atoms with van der Waals surface area (Å²) < 4.78 is 16.9. The zero-order chi connectivity index (χ0) is 55.0. The predicted molar refractivity (Wildman–Crippen MR) is 330 cm³/mol. The van der Waals surface area contributed by atoms with Gasteiger partial charge in [-0.25, -0.2) is 0 Å². The Kier molecular flexibility index (Phi) is 63.6. The average Bonchev–Trinajstić information content (AvgIpc) is 3.42.